The first-order valence-corrected chi connectivity index (χ1v) is 13.7. The minimum Gasteiger partial charge on any atom is -0.496 e. The zero-order valence-corrected chi connectivity index (χ0v) is 24.1. The maximum atomic E-state index is 13.5. The lowest BCUT2D eigenvalue weighted by Crippen LogP contribution is -2.21. The molecule has 5 heteroatoms. The van der Waals surface area contributed by atoms with Crippen LogP contribution in [0.3, 0.4) is 0 Å². The van der Waals surface area contributed by atoms with E-state index in [1.165, 1.54) is 45.6 Å². The smallest absolute Gasteiger partial charge is 0.345 e. The Morgan fingerprint density at radius 3 is 1.89 bits per heavy atom. The lowest BCUT2D eigenvalue weighted by Gasteiger charge is -2.17. The first-order chi connectivity index (χ1) is 17.0. The Hall–Kier alpha value is -2.30. The summed E-state index contributed by atoms with van der Waals surface area (Å²) in [6.45, 7) is 15.0. The number of hydrogen-bond acceptors (Lipinski definition) is 5. The van der Waals surface area contributed by atoms with Gasteiger partial charge in [0, 0.05) is 12.0 Å². The van der Waals surface area contributed by atoms with Gasteiger partial charge < -0.3 is 13.9 Å². The number of carbonyl (C=O) groups excluding carboxylic acids is 1. The molecule has 0 radical (unpaired) electrons. The van der Waals surface area contributed by atoms with Crippen molar-refractivity contribution < 1.29 is 18.7 Å². The standard InChI is InChI=1S/C31H48O5/c1-19(2)13-10-14-20(3)15-11-16-21(4)17-12-18-25-27(31(33)35-9)28(32)26-24(7)29(34-8)22(5)23(6)30(26)36-25/h19-21H,10-18H2,1-9H3. The topological polar surface area (TPSA) is 65.7 Å². The van der Waals surface area contributed by atoms with E-state index < -0.39 is 5.97 Å². The monoisotopic (exact) mass is 500 g/mol. The Kier molecular flexibility index (Phi) is 11.5. The Labute approximate surface area is 217 Å². The van der Waals surface area contributed by atoms with Crippen LogP contribution in [-0.4, -0.2) is 20.2 Å². The van der Waals surface area contributed by atoms with Crippen LogP contribution in [-0.2, 0) is 11.2 Å². The lowest BCUT2D eigenvalue weighted by atomic mass is 9.91. The number of benzene rings is 1. The van der Waals surface area contributed by atoms with E-state index in [-0.39, 0.29) is 11.0 Å². The van der Waals surface area contributed by atoms with Gasteiger partial charge in [0.05, 0.1) is 19.6 Å². The van der Waals surface area contributed by atoms with Crippen molar-refractivity contribution in [3.8, 4) is 5.75 Å². The molecule has 2 unspecified atom stereocenters. The Bertz CT molecular complexity index is 1080. The number of fused-ring (bicyclic) bond motifs is 1. The molecule has 5 nitrogen and oxygen atoms in total. The predicted molar refractivity (Wildman–Crippen MR) is 148 cm³/mol. The minimum atomic E-state index is -0.642. The van der Waals surface area contributed by atoms with E-state index >= 15 is 0 Å². The summed E-state index contributed by atoms with van der Waals surface area (Å²) in [5.41, 5.74) is 2.71. The highest BCUT2D eigenvalue weighted by atomic mass is 16.5. The molecule has 36 heavy (non-hydrogen) atoms. The van der Waals surface area contributed by atoms with Gasteiger partial charge in [-0.3, -0.25) is 4.79 Å². The highest BCUT2D eigenvalue weighted by molar-refractivity contribution is 5.96. The number of esters is 1. The second kappa shape index (κ2) is 13.9. The second-order valence-electron chi connectivity index (χ2n) is 11.2. The lowest BCUT2D eigenvalue weighted by molar-refractivity contribution is 0.0595. The third kappa shape index (κ3) is 7.36. The van der Waals surface area contributed by atoms with E-state index in [0.29, 0.717) is 40.4 Å². The molecule has 0 N–H and O–H groups in total. The molecule has 0 saturated carbocycles. The molecule has 2 aromatic rings. The molecular weight excluding hydrogens is 452 g/mol. The summed E-state index contributed by atoms with van der Waals surface area (Å²) in [4.78, 5) is 26.1. The summed E-state index contributed by atoms with van der Waals surface area (Å²) in [5, 5.41) is 0.398. The molecular formula is C31H48O5. The van der Waals surface area contributed by atoms with Gasteiger partial charge in [0.2, 0.25) is 5.43 Å². The molecule has 0 aliphatic rings. The summed E-state index contributed by atoms with van der Waals surface area (Å²) in [7, 11) is 2.89. The van der Waals surface area contributed by atoms with Crippen LogP contribution in [0.2, 0.25) is 0 Å². The average Bonchev–Trinajstić information content (AvgIpc) is 2.82. The van der Waals surface area contributed by atoms with Crippen molar-refractivity contribution in [3.05, 3.63) is 38.2 Å². The zero-order chi connectivity index (χ0) is 27.0. The van der Waals surface area contributed by atoms with Crippen LogP contribution in [0.15, 0.2) is 9.21 Å². The fraction of sp³-hybridized carbons (Fsp3) is 0.677. The molecule has 2 atom stereocenters. The van der Waals surface area contributed by atoms with Gasteiger partial charge in [0.25, 0.3) is 0 Å². The molecule has 0 spiro atoms. The van der Waals surface area contributed by atoms with Crippen molar-refractivity contribution in [2.45, 2.75) is 106 Å². The molecule has 0 saturated heterocycles. The SMILES string of the molecule is COC(=O)c1c(CCCC(C)CCCC(C)CCCC(C)C)oc2c(C)c(C)c(OC)c(C)c2c1=O. The molecule has 1 aromatic heterocycles. The normalized spacial score (nSPS) is 13.3. The summed E-state index contributed by atoms with van der Waals surface area (Å²) < 4.78 is 16.8. The number of rotatable bonds is 14. The van der Waals surface area contributed by atoms with E-state index in [0.717, 1.165) is 35.8 Å². The number of carbonyl (C=O) groups is 1. The van der Waals surface area contributed by atoms with E-state index in [1.54, 1.807) is 7.11 Å². The van der Waals surface area contributed by atoms with E-state index in [1.807, 2.05) is 20.8 Å². The molecule has 1 heterocycles. The van der Waals surface area contributed by atoms with Gasteiger partial charge in [0.15, 0.2) is 0 Å². The highest BCUT2D eigenvalue weighted by Gasteiger charge is 2.26. The van der Waals surface area contributed by atoms with Crippen LogP contribution in [0.5, 0.6) is 5.75 Å². The highest BCUT2D eigenvalue weighted by Crippen LogP contribution is 2.34. The summed E-state index contributed by atoms with van der Waals surface area (Å²) in [6, 6.07) is 0. The average molecular weight is 501 g/mol. The number of aryl methyl sites for hydroxylation is 3. The second-order valence-corrected chi connectivity index (χ2v) is 11.2. The largest absolute Gasteiger partial charge is 0.496 e. The van der Waals surface area contributed by atoms with Crippen molar-refractivity contribution in [1.29, 1.82) is 0 Å². The van der Waals surface area contributed by atoms with Crippen molar-refractivity contribution in [2.75, 3.05) is 14.2 Å². The molecule has 0 amide bonds. The predicted octanol–water partition coefficient (Wildman–Crippen LogP) is 8.10. The third-order valence-corrected chi connectivity index (χ3v) is 7.71. The maximum Gasteiger partial charge on any atom is 0.345 e. The Morgan fingerprint density at radius 2 is 1.36 bits per heavy atom. The van der Waals surface area contributed by atoms with E-state index in [4.69, 9.17) is 13.9 Å². The molecule has 1 aromatic carbocycles. The van der Waals surface area contributed by atoms with Crippen molar-refractivity contribution in [1.82, 2.24) is 0 Å². The summed E-state index contributed by atoms with van der Waals surface area (Å²) in [5.74, 6) is 2.62. The minimum absolute atomic E-state index is 0.0151. The van der Waals surface area contributed by atoms with E-state index in [9.17, 15) is 9.59 Å². The van der Waals surface area contributed by atoms with E-state index in [2.05, 4.69) is 27.7 Å². The van der Waals surface area contributed by atoms with Gasteiger partial charge in [-0.15, -0.1) is 0 Å². The molecule has 0 fully saturated rings. The fourth-order valence-corrected chi connectivity index (χ4v) is 5.30. The van der Waals surface area contributed by atoms with Crippen LogP contribution in [0.1, 0.15) is 112 Å². The van der Waals surface area contributed by atoms with Gasteiger partial charge in [-0.05, 0) is 56.1 Å². The zero-order valence-electron chi connectivity index (χ0n) is 24.1. The van der Waals surface area contributed by atoms with Gasteiger partial charge in [-0.1, -0.05) is 72.6 Å². The number of hydrogen-bond donors (Lipinski definition) is 0. The maximum absolute atomic E-state index is 13.5. The molecule has 0 aliphatic carbocycles. The van der Waals surface area contributed by atoms with Crippen molar-refractivity contribution >= 4 is 16.9 Å². The summed E-state index contributed by atoms with van der Waals surface area (Å²) >= 11 is 0. The van der Waals surface area contributed by atoms with Crippen molar-refractivity contribution in [3.63, 3.8) is 0 Å². The van der Waals surface area contributed by atoms with Gasteiger partial charge >= 0.3 is 5.97 Å². The molecule has 2 rings (SSSR count). The summed E-state index contributed by atoms with van der Waals surface area (Å²) in [6.07, 6.45) is 10.2. The van der Waals surface area contributed by atoms with Crippen LogP contribution >= 0.6 is 0 Å². The van der Waals surface area contributed by atoms with Crippen LogP contribution in [0.25, 0.3) is 11.0 Å². The first-order valence-electron chi connectivity index (χ1n) is 13.7. The number of ether oxygens (including phenoxy) is 2. The molecule has 0 bridgehead atoms. The van der Waals surface area contributed by atoms with Gasteiger partial charge in [-0.2, -0.15) is 0 Å². The van der Waals surface area contributed by atoms with Gasteiger partial charge in [0.1, 0.15) is 22.7 Å². The molecule has 0 aliphatic heterocycles. The quantitative estimate of drug-likeness (QED) is 0.245. The third-order valence-electron chi connectivity index (χ3n) is 7.71. The fourth-order valence-electron chi connectivity index (χ4n) is 5.30. The first kappa shape index (κ1) is 29.9. The van der Waals surface area contributed by atoms with Crippen molar-refractivity contribution in [2.24, 2.45) is 17.8 Å². The van der Waals surface area contributed by atoms with Crippen LogP contribution < -0.4 is 10.2 Å². The van der Waals surface area contributed by atoms with Crippen LogP contribution in [0.4, 0.5) is 0 Å². The number of methoxy groups -OCH3 is 2. The Morgan fingerprint density at radius 1 is 0.806 bits per heavy atom. The molecule has 202 valence electrons. The van der Waals surface area contributed by atoms with Gasteiger partial charge in [-0.25, -0.2) is 4.79 Å². The van der Waals surface area contributed by atoms with Crippen LogP contribution in [0, 0.1) is 38.5 Å². The Balaban J connectivity index is 2.11.